The lowest BCUT2D eigenvalue weighted by molar-refractivity contribution is 0.669. The van der Waals surface area contributed by atoms with Gasteiger partial charge in [0.1, 0.15) is 11.2 Å². The van der Waals surface area contributed by atoms with Crippen molar-refractivity contribution in [2.24, 2.45) is 0 Å². The van der Waals surface area contributed by atoms with E-state index in [1.54, 1.807) is 0 Å². The van der Waals surface area contributed by atoms with Crippen LogP contribution in [0.5, 0.6) is 0 Å². The van der Waals surface area contributed by atoms with E-state index in [4.69, 9.17) is 19.4 Å². The highest BCUT2D eigenvalue weighted by Crippen LogP contribution is 2.50. The lowest BCUT2D eigenvalue weighted by atomic mass is 9.79. The molecule has 0 aliphatic rings. The molecule has 0 unspecified atom stereocenters. The van der Waals surface area contributed by atoms with Gasteiger partial charge in [0.15, 0.2) is 17.5 Å². The molecule has 0 N–H and O–H groups in total. The zero-order valence-electron chi connectivity index (χ0n) is 36.4. The summed E-state index contributed by atoms with van der Waals surface area (Å²) in [5.41, 5.74) is 18.4. The van der Waals surface area contributed by atoms with Crippen molar-refractivity contribution in [3.05, 3.63) is 249 Å². The van der Waals surface area contributed by atoms with Crippen molar-refractivity contribution in [2.45, 2.75) is 0 Å². The summed E-state index contributed by atoms with van der Waals surface area (Å²) in [4.78, 5) is 15.1. The summed E-state index contributed by atoms with van der Waals surface area (Å²) >= 11 is 0. The van der Waals surface area contributed by atoms with E-state index in [0.29, 0.717) is 17.5 Å². The SMILES string of the molecule is c1ccc(-c2nc(-c3ccc(-c4ccc(-c5cc(-c6ccccc6)c(-c6ccccc6)c(-c6ccccc6)c5-c5ccccc5)cc4)cc3)nc(-c3ccc4c(c3)oc3ccccc34)n2)cc1. The van der Waals surface area contributed by atoms with E-state index in [2.05, 4.69) is 194 Å². The lowest BCUT2D eigenvalue weighted by Crippen LogP contribution is -2.00. The molecule has 0 aliphatic heterocycles. The maximum atomic E-state index is 6.26. The van der Waals surface area contributed by atoms with Gasteiger partial charge in [0.25, 0.3) is 0 Å². The van der Waals surface area contributed by atoms with Gasteiger partial charge >= 0.3 is 0 Å². The molecule has 0 saturated heterocycles. The Hall–Kier alpha value is -8.99. The van der Waals surface area contributed by atoms with Crippen LogP contribution in [-0.2, 0) is 0 Å². The van der Waals surface area contributed by atoms with Crippen LogP contribution in [0.4, 0.5) is 0 Å². The molecular weight excluding hydrogens is 815 g/mol. The van der Waals surface area contributed by atoms with Crippen molar-refractivity contribution < 1.29 is 4.42 Å². The summed E-state index contributed by atoms with van der Waals surface area (Å²) in [6.07, 6.45) is 0. The van der Waals surface area contributed by atoms with Gasteiger partial charge in [-0.25, -0.2) is 15.0 Å². The molecule has 2 heterocycles. The third kappa shape index (κ3) is 7.57. The smallest absolute Gasteiger partial charge is 0.164 e. The summed E-state index contributed by atoms with van der Waals surface area (Å²) in [6, 6.07) is 87.5. The largest absolute Gasteiger partial charge is 0.456 e. The van der Waals surface area contributed by atoms with Gasteiger partial charge in [-0.05, 0) is 91.0 Å². The van der Waals surface area contributed by atoms with Gasteiger partial charge in [-0.1, -0.05) is 224 Å². The normalized spacial score (nSPS) is 11.3. The van der Waals surface area contributed by atoms with E-state index in [0.717, 1.165) is 55.3 Å². The summed E-state index contributed by atoms with van der Waals surface area (Å²) in [7, 11) is 0. The average Bonchev–Trinajstić information content (AvgIpc) is 3.79. The molecule has 0 saturated carbocycles. The van der Waals surface area contributed by atoms with Crippen LogP contribution in [-0.4, -0.2) is 15.0 Å². The number of hydrogen-bond donors (Lipinski definition) is 0. The van der Waals surface area contributed by atoms with E-state index in [1.807, 2.05) is 54.6 Å². The van der Waals surface area contributed by atoms with Crippen molar-refractivity contribution in [3.8, 4) is 101 Å². The van der Waals surface area contributed by atoms with Crippen molar-refractivity contribution >= 4 is 21.9 Å². The molecule has 314 valence electrons. The minimum Gasteiger partial charge on any atom is -0.456 e. The van der Waals surface area contributed by atoms with E-state index in [-0.39, 0.29) is 0 Å². The van der Waals surface area contributed by atoms with Crippen LogP contribution in [0, 0.1) is 0 Å². The first-order chi connectivity index (χ1) is 33.2. The number of para-hydroxylation sites is 1. The fourth-order valence-electron chi connectivity index (χ4n) is 9.33. The zero-order chi connectivity index (χ0) is 44.5. The summed E-state index contributed by atoms with van der Waals surface area (Å²) in [5.74, 6) is 1.80. The Balaban J connectivity index is 0.953. The summed E-state index contributed by atoms with van der Waals surface area (Å²) < 4.78 is 6.26. The Morgan fingerprint density at radius 1 is 0.224 bits per heavy atom. The van der Waals surface area contributed by atoms with Gasteiger partial charge in [-0.2, -0.15) is 0 Å². The van der Waals surface area contributed by atoms with Crippen LogP contribution in [0.15, 0.2) is 253 Å². The van der Waals surface area contributed by atoms with Gasteiger partial charge in [-0.15, -0.1) is 0 Å². The molecule has 0 bridgehead atoms. The first kappa shape index (κ1) is 39.6. The van der Waals surface area contributed by atoms with Crippen LogP contribution in [0.3, 0.4) is 0 Å². The maximum Gasteiger partial charge on any atom is 0.164 e. The molecule has 0 aliphatic carbocycles. The highest BCUT2D eigenvalue weighted by atomic mass is 16.3. The summed E-state index contributed by atoms with van der Waals surface area (Å²) in [6.45, 7) is 0. The highest BCUT2D eigenvalue weighted by molar-refractivity contribution is 6.08. The van der Waals surface area contributed by atoms with Crippen LogP contribution >= 0.6 is 0 Å². The predicted octanol–water partition coefficient (Wildman–Crippen LogP) is 16.8. The van der Waals surface area contributed by atoms with Gasteiger partial charge < -0.3 is 4.42 Å². The number of nitrogens with zero attached hydrogens (tertiary/aromatic N) is 3. The molecule has 4 heteroatoms. The van der Waals surface area contributed by atoms with Gasteiger partial charge in [0.05, 0.1) is 0 Å². The maximum absolute atomic E-state index is 6.26. The topological polar surface area (TPSA) is 51.8 Å². The van der Waals surface area contributed by atoms with Crippen molar-refractivity contribution in [2.75, 3.05) is 0 Å². The average molecular weight is 856 g/mol. The molecule has 12 aromatic rings. The van der Waals surface area contributed by atoms with Crippen LogP contribution in [0.2, 0.25) is 0 Å². The first-order valence-electron chi connectivity index (χ1n) is 22.6. The number of hydrogen-bond acceptors (Lipinski definition) is 4. The van der Waals surface area contributed by atoms with Crippen LogP contribution in [0.1, 0.15) is 0 Å². The van der Waals surface area contributed by atoms with Crippen molar-refractivity contribution in [1.82, 2.24) is 15.0 Å². The fraction of sp³-hybridized carbons (Fsp3) is 0. The number of benzene rings is 10. The van der Waals surface area contributed by atoms with E-state index < -0.39 is 0 Å². The monoisotopic (exact) mass is 855 g/mol. The molecule has 0 spiro atoms. The van der Waals surface area contributed by atoms with Gasteiger partial charge in [0.2, 0.25) is 0 Å². The van der Waals surface area contributed by atoms with Crippen molar-refractivity contribution in [3.63, 3.8) is 0 Å². The Bertz CT molecular complexity index is 3680. The molecule has 0 atom stereocenters. The van der Waals surface area contributed by atoms with Crippen molar-refractivity contribution in [1.29, 1.82) is 0 Å². The second kappa shape index (κ2) is 17.2. The molecule has 12 rings (SSSR count). The zero-order valence-corrected chi connectivity index (χ0v) is 36.4. The van der Waals surface area contributed by atoms with Gasteiger partial charge in [0, 0.05) is 27.5 Å². The Kier molecular flexibility index (Phi) is 10.2. The molecular formula is C63H41N3O. The van der Waals surface area contributed by atoms with E-state index >= 15 is 0 Å². The van der Waals surface area contributed by atoms with Crippen LogP contribution in [0.25, 0.3) is 123 Å². The van der Waals surface area contributed by atoms with E-state index in [9.17, 15) is 0 Å². The molecule has 0 amide bonds. The predicted molar refractivity (Wildman–Crippen MR) is 276 cm³/mol. The van der Waals surface area contributed by atoms with E-state index in [1.165, 1.54) is 50.1 Å². The minimum absolute atomic E-state index is 0.586. The molecule has 4 nitrogen and oxygen atoms in total. The molecule has 2 aromatic heterocycles. The number of aromatic nitrogens is 3. The second-order valence-electron chi connectivity index (χ2n) is 16.7. The molecule has 0 radical (unpaired) electrons. The van der Waals surface area contributed by atoms with Crippen LogP contribution < -0.4 is 0 Å². The standard InChI is InChI=1S/C63H41N3O/c1-6-18-44(19-7-1)54-41-55(59(47-22-10-3-11-23-47)60(48-24-12-4-13-25-48)58(54)46-20-8-2-9-21-46)45-34-30-42(31-35-45)43-32-36-50(37-33-43)62-64-61(49-26-14-5-15-27-49)65-63(66-62)51-38-39-53-52-28-16-17-29-56(52)67-57(53)40-51/h1-41H. The minimum atomic E-state index is 0.586. The van der Waals surface area contributed by atoms with Gasteiger partial charge in [-0.3, -0.25) is 0 Å². The molecule has 67 heavy (non-hydrogen) atoms. The summed E-state index contributed by atoms with van der Waals surface area (Å²) in [5, 5.41) is 2.15. The second-order valence-corrected chi connectivity index (χ2v) is 16.7. The molecule has 10 aromatic carbocycles. The first-order valence-corrected chi connectivity index (χ1v) is 22.6. The third-order valence-electron chi connectivity index (χ3n) is 12.6. The fourth-order valence-corrected chi connectivity index (χ4v) is 9.33. The Morgan fingerprint density at radius 3 is 1.09 bits per heavy atom. The highest BCUT2D eigenvalue weighted by Gasteiger charge is 2.24. The molecule has 0 fully saturated rings. The Labute approximate surface area is 389 Å². The number of rotatable bonds is 9. The lowest BCUT2D eigenvalue weighted by Gasteiger charge is -2.24. The number of furan rings is 1. The number of fused-ring (bicyclic) bond motifs is 3. The quantitative estimate of drug-likeness (QED) is 0.145. The Morgan fingerprint density at radius 2 is 0.567 bits per heavy atom. The third-order valence-corrected chi connectivity index (χ3v) is 12.6.